The van der Waals surface area contributed by atoms with Crippen molar-refractivity contribution in [1.29, 1.82) is 0 Å². The molecule has 4 rings (SSSR count). The molecule has 0 atom stereocenters. The average molecular weight is 333 g/mol. The Hall–Kier alpha value is -2.48. The van der Waals surface area contributed by atoms with E-state index in [0.29, 0.717) is 0 Å². The SMILES string of the molecule is Cc1ccc(N2CCCCC2)cc1.Cc1cccc(-c2ccoc2)c1. The standard InChI is InChI=1S/C12H17N.C11H10O/c1-11-5-7-12(8-6-11)13-9-3-2-4-10-13;1-9-3-2-4-10(7-9)11-5-6-12-8-11/h5-8H,2-4,9-10H2,1H3;2-8H,1H3. The predicted molar refractivity (Wildman–Crippen MR) is 106 cm³/mol. The van der Waals surface area contributed by atoms with Gasteiger partial charge in [-0.05, 0) is 56.9 Å². The minimum absolute atomic E-state index is 1.14. The third kappa shape index (κ3) is 4.99. The minimum atomic E-state index is 1.14. The monoisotopic (exact) mass is 333 g/mol. The van der Waals surface area contributed by atoms with Crippen molar-refractivity contribution in [2.45, 2.75) is 33.1 Å². The van der Waals surface area contributed by atoms with Crippen LogP contribution in [0.4, 0.5) is 5.69 Å². The summed E-state index contributed by atoms with van der Waals surface area (Å²) < 4.78 is 5.01. The van der Waals surface area contributed by atoms with Gasteiger partial charge in [-0.2, -0.15) is 0 Å². The normalized spacial score (nSPS) is 13.9. The van der Waals surface area contributed by atoms with Crippen LogP contribution >= 0.6 is 0 Å². The fourth-order valence-electron chi connectivity index (χ4n) is 3.16. The molecule has 0 amide bonds. The summed E-state index contributed by atoms with van der Waals surface area (Å²) in [6, 6.07) is 19.2. The molecule has 0 radical (unpaired) electrons. The lowest BCUT2D eigenvalue weighted by Gasteiger charge is -2.28. The lowest BCUT2D eigenvalue weighted by atomic mass is 10.1. The zero-order chi connectivity index (χ0) is 17.5. The van der Waals surface area contributed by atoms with Gasteiger partial charge in [0.1, 0.15) is 0 Å². The van der Waals surface area contributed by atoms with E-state index in [-0.39, 0.29) is 0 Å². The Labute approximate surface area is 151 Å². The highest BCUT2D eigenvalue weighted by molar-refractivity contribution is 5.62. The van der Waals surface area contributed by atoms with Crippen LogP contribution in [0.25, 0.3) is 11.1 Å². The van der Waals surface area contributed by atoms with E-state index in [2.05, 4.69) is 67.3 Å². The maximum absolute atomic E-state index is 5.01. The molecule has 2 heteroatoms. The van der Waals surface area contributed by atoms with Crippen molar-refractivity contribution in [1.82, 2.24) is 0 Å². The van der Waals surface area contributed by atoms with Crippen molar-refractivity contribution in [3.63, 3.8) is 0 Å². The van der Waals surface area contributed by atoms with Gasteiger partial charge in [0.05, 0.1) is 12.5 Å². The number of rotatable bonds is 2. The van der Waals surface area contributed by atoms with E-state index in [0.717, 1.165) is 5.56 Å². The Bertz CT molecular complexity index is 753. The fraction of sp³-hybridized carbons (Fsp3) is 0.304. The van der Waals surface area contributed by atoms with Gasteiger partial charge in [-0.3, -0.25) is 0 Å². The van der Waals surface area contributed by atoms with E-state index in [9.17, 15) is 0 Å². The molecular weight excluding hydrogens is 306 g/mol. The molecular formula is C23H27NO. The molecule has 1 aromatic heterocycles. The van der Waals surface area contributed by atoms with Crippen LogP contribution < -0.4 is 4.90 Å². The highest BCUT2D eigenvalue weighted by Crippen LogP contribution is 2.20. The number of hydrogen-bond donors (Lipinski definition) is 0. The average Bonchev–Trinajstić information content (AvgIpc) is 3.18. The highest BCUT2D eigenvalue weighted by Gasteiger charge is 2.09. The summed E-state index contributed by atoms with van der Waals surface area (Å²) in [6.45, 7) is 6.70. The number of anilines is 1. The van der Waals surface area contributed by atoms with Crippen LogP contribution in [0.5, 0.6) is 0 Å². The van der Waals surface area contributed by atoms with Gasteiger partial charge in [0.2, 0.25) is 0 Å². The van der Waals surface area contributed by atoms with Crippen LogP contribution in [-0.2, 0) is 0 Å². The Balaban J connectivity index is 0.000000146. The summed E-state index contributed by atoms with van der Waals surface area (Å²) in [6.07, 6.45) is 7.57. The van der Waals surface area contributed by atoms with Crippen molar-refractivity contribution in [2.24, 2.45) is 0 Å². The second-order valence-corrected chi connectivity index (χ2v) is 6.76. The molecule has 0 bridgehead atoms. The third-order valence-electron chi connectivity index (χ3n) is 4.63. The van der Waals surface area contributed by atoms with Gasteiger partial charge in [-0.25, -0.2) is 0 Å². The largest absolute Gasteiger partial charge is 0.472 e. The van der Waals surface area contributed by atoms with E-state index < -0.39 is 0 Å². The van der Waals surface area contributed by atoms with E-state index in [1.165, 1.54) is 54.7 Å². The number of aryl methyl sites for hydroxylation is 2. The Morgan fingerprint density at radius 3 is 2.16 bits per heavy atom. The van der Waals surface area contributed by atoms with Gasteiger partial charge in [0.15, 0.2) is 0 Å². The van der Waals surface area contributed by atoms with E-state index in [1.54, 1.807) is 12.5 Å². The first-order valence-electron chi connectivity index (χ1n) is 9.13. The smallest absolute Gasteiger partial charge is 0.0980 e. The molecule has 1 aliphatic rings. The van der Waals surface area contributed by atoms with Gasteiger partial charge in [0.25, 0.3) is 0 Å². The first kappa shape index (κ1) is 17.3. The molecule has 1 aliphatic heterocycles. The molecule has 0 saturated carbocycles. The van der Waals surface area contributed by atoms with Gasteiger partial charge < -0.3 is 9.32 Å². The molecule has 2 heterocycles. The molecule has 1 fully saturated rings. The molecule has 0 unspecified atom stereocenters. The topological polar surface area (TPSA) is 16.4 Å². The van der Waals surface area contributed by atoms with Gasteiger partial charge in [-0.15, -0.1) is 0 Å². The summed E-state index contributed by atoms with van der Waals surface area (Å²) in [5.41, 5.74) is 6.36. The molecule has 3 aromatic rings. The Morgan fingerprint density at radius 1 is 0.760 bits per heavy atom. The molecule has 25 heavy (non-hydrogen) atoms. The lowest BCUT2D eigenvalue weighted by Crippen LogP contribution is -2.29. The van der Waals surface area contributed by atoms with Crippen molar-refractivity contribution in [3.05, 3.63) is 78.3 Å². The molecule has 0 aliphatic carbocycles. The number of furan rings is 1. The Morgan fingerprint density at radius 2 is 1.52 bits per heavy atom. The van der Waals surface area contributed by atoms with Crippen molar-refractivity contribution in [3.8, 4) is 11.1 Å². The summed E-state index contributed by atoms with van der Waals surface area (Å²) in [5.74, 6) is 0. The van der Waals surface area contributed by atoms with Gasteiger partial charge in [-0.1, -0.05) is 47.5 Å². The van der Waals surface area contributed by atoms with Crippen LogP contribution in [0.1, 0.15) is 30.4 Å². The maximum atomic E-state index is 5.01. The van der Waals surface area contributed by atoms with Crippen LogP contribution in [0, 0.1) is 13.8 Å². The zero-order valence-corrected chi connectivity index (χ0v) is 15.2. The Kier molecular flexibility index (Phi) is 5.95. The van der Waals surface area contributed by atoms with Crippen LogP contribution in [0.2, 0.25) is 0 Å². The first-order chi connectivity index (χ1) is 12.2. The summed E-state index contributed by atoms with van der Waals surface area (Å²) >= 11 is 0. The minimum Gasteiger partial charge on any atom is -0.472 e. The van der Waals surface area contributed by atoms with Crippen molar-refractivity contribution < 1.29 is 4.42 Å². The maximum Gasteiger partial charge on any atom is 0.0980 e. The van der Waals surface area contributed by atoms with Crippen molar-refractivity contribution >= 4 is 5.69 Å². The number of hydrogen-bond acceptors (Lipinski definition) is 2. The lowest BCUT2D eigenvalue weighted by molar-refractivity contribution is 0.568. The second kappa shape index (κ2) is 8.57. The van der Waals surface area contributed by atoms with Crippen LogP contribution in [-0.4, -0.2) is 13.1 Å². The van der Waals surface area contributed by atoms with E-state index in [1.807, 2.05) is 6.07 Å². The van der Waals surface area contributed by atoms with Crippen LogP contribution in [0.15, 0.2) is 71.5 Å². The molecule has 130 valence electrons. The first-order valence-corrected chi connectivity index (χ1v) is 9.13. The van der Waals surface area contributed by atoms with Gasteiger partial charge in [0, 0.05) is 24.3 Å². The fourth-order valence-corrected chi connectivity index (χ4v) is 3.16. The predicted octanol–water partition coefficient (Wildman–Crippen LogP) is 6.24. The van der Waals surface area contributed by atoms with E-state index >= 15 is 0 Å². The quantitative estimate of drug-likeness (QED) is 0.552. The molecule has 0 N–H and O–H groups in total. The summed E-state index contributed by atoms with van der Waals surface area (Å²) in [4.78, 5) is 2.49. The molecule has 2 nitrogen and oxygen atoms in total. The number of piperidine rings is 1. The van der Waals surface area contributed by atoms with E-state index in [4.69, 9.17) is 4.42 Å². The third-order valence-corrected chi connectivity index (χ3v) is 4.63. The van der Waals surface area contributed by atoms with Gasteiger partial charge >= 0.3 is 0 Å². The van der Waals surface area contributed by atoms with Crippen LogP contribution in [0.3, 0.4) is 0 Å². The second-order valence-electron chi connectivity index (χ2n) is 6.76. The molecule has 1 saturated heterocycles. The molecule has 2 aromatic carbocycles. The number of benzene rings is 2. The van der Waals surface area contributed by atoms with Crippen molar-refractivity contribution in [2.75, 3.05) is 18.0 Å². The highest BCUT2D eigenvalue weighted by atomic mass is 16.3. The number of nitrogens with zero attached hydrogens (tertiary/aromatic N) is 1. The zero-order valence-electron chi connectivity index (χ0n) is 15.2. The summed E-state index contributed by atoms with van der Waals surface area (Å²) in [7, 11) is 0. The summed E-state index contributed by atoms with van der Waals surface area (Å²) in [5, 5.41) is 0. The molecule has 0 spiro atoms.